The van der Waals surface area contributed by atoms with E-state index in [-0.39, 0.29) is 6.09 Å². The molecular formula is C18H17NO3. The summed E-state index contributed by atoms with van der Waals surface area (Å²) in [5, 5.41) is 0. The van der Waals surface area contributed by atoms with Crippen molar-refractivity contribution >= 4 is 18.1 Å². The van der Waals surface area contributed by atoms with Gasteiger partial charge < -0.3 is 4.74 Å². The van der Waals surface area contributed by atoms with Crippen LogP contribution in [0.25, 0.3) is 11.1 Å². The van der Waals surface area contributed by atoms with Crippen molar-refractivity contribution in [2.45, 2.75) is 6.92 Å². The van der Waals surface area contributed by atoms with Crippen molar-refractivity contribution in [3.05, 3.63) is 54.1 Å². The first-order valence-electron chi connectivity index (χ1n) is 7.27. The van der Waals surface area contributed by atoms with Gasteiger partial charge in [-0.2, -0.15) is 0 Å². The van der Waals surface area contributed by atoms with Crippen LogP contribution in [0.1, 0.15) is 17.3 Å². The summed E-state index contributed by atoms with van der Waals surface area (Å²) in [6.07, 6.45) is 0.539. The highest BCUT2D eigenvalue weighted by Crippen LogP contribution is 2.25. The van der Waals surface area contributed by atoms with E-state index in [2.05, 4.69) is 6.92 Å². The molecule has 0 spiro atoms. The number of aldehydes is 1. The topological polar surface area (TPSA) is 46.6 Å². The first-order valence-corrected chi connectivity index (χ1v) is 7.27. The quantitative estimate of drug-likeness (QED) is 0.810. The van der Waals surface area contributed by atoms with Crippen LogP contribution >= 0.6 is 0 Å². The summed E-state index contributed by atoms with van der Waals surface area (Å²) in [7, 11) is 0. The highest BCUT2D eigenvalue weighted by atomic mass is 16.6. The van der Waals surface area contributed by atoms with E-state index < -0.39 is 0 Å². The second-order valence-electron chi connectivity index (χ2n) is 5.58. The van der Waals surface area contributed by atoms with Crippen molar-refractivity contribution < 1.29 is 14.3 Å². The Morgan fingerprint density at radius 3 is 2.23 bits per heavy atom. The molecule has 0 aliphatic carbocycles. The van der Waals surface area contributed by atoms with E-state index in [1.165, 1.54) is 0 Å². The molecule has 0 aromatic heterocycles. The summed E-state index contributed by atoms with van der Waals surface area (Å²) in [4.78, 5) is 24.2. The van der Waals surface area contributed by atoms with Gasteiger partial charge >= 0.3 is 6.09 Å². The van der Waals surface area contributed by atoms with E-state index >= 15 is 0 Å². The lowest BCUT2D eigenvalue weighted by atomic mass is 10.0. The Morgan fingerprint density at radius 1 is 1.05 bits per heavy atom. The van der Waals surface area contributed by atoms with Crippen molar-refractivity contribution in [3.63, 3.8) is 0 Å². The molecule has 4 nitrogen and oxygen atoms in total. The van der Waals surface area contributed by atoms with Crippen molar-refractivity contribution in [1.29, 1.82) is 0 Å². The van der Waals surface area contributed by atoms with Crippen LogP contribution in [-0.2, 0) is 4.74 Å². The lowest BCUT2D eigenvalue weighted by Crippen LogP contribution is -2.42. The van der Waals surface area contributed by atoms with Crippen molar-refractivity contribution in [2.24, 2.45) is 5.92 Å². The minimum Gasteiger partial charge on any atom is -0.449 e. The largest absolute Gasteiger partial charge is 0.449 e. The molecule has 1 aliphatic heterocycles. The normalized spacial score (nSPS) is 18.0. The van der Waals surface area contributed by atoms with Gasteiger partial charge in [0.2, 0.25) is 0 Å². The van der Waals surface area contributed by atoms with Gasteiger partial charge in [0.1, 0.15) is 6.29 Å². The first-order chi connectivity index (χ1) is 10.7. The number of carbonyl (C=O) groups excluding carboxylic acids is 2. The van der Waals surface area contributed by atoms with Gasteiger partial charge in [-0.1, -0.05) is 43.3 Å². The Bertz CT molecular complexity index is 676. The molecule has 0 radical (unpaired) electrons. The summed E-state index contributed by atoms with van der Waals surface area (Å²) in [5.41, 5.74) is 3.57. The van der Waals surface area contributed by atoms with Crippen LogP contribution in [0.2, 0.25) is 0 Å². The maximum atomic E-state index is 11.8. The van der Waals surface area contributed by atoms with E-state index in [0.717, 1.165) is 23.1 Å². The first kappa shape index (κ1) is 14.3. The maximum Gasteiger partial charge on any atom is 0.414 e. The fourth-order valence-electron chi connectivity index (χ4n) is 2.53. The molecular weight excluding hydrogens is 278 g/mol. The number of hydrogen-bond acceptors (Lipinski definition) is 3. The van der Waals surface area contributed by atoms with Gasteiger partial charge in [-0.05, 0) is 23.3 Å². The van der Waals surface area contributed by atoms with E-state index in [9.17, 15) is 9.59 Å². The van der Waals surface area contributed by atoms with Gasteiger partial charge in [0.25, 0.3) is 0 Å². The number of nitrogens with zero attached hydrogens (tertiary/aromatic N) is 1. The molecule has 4 heteroatoms. The van der Waals surface area contributed by atoms with Crippen LogP contribution in [-0.4, -0.2) is 25.5 Å². The number of cyclic esters (lactones) is 1. The molecule has 22 heavy (non-hydrogen) atoms. The van der Waals surface area contributed by atoms with Gasteiger partial charge in [0.15, 0.2) is 0 Å². The molecule has 1 saturated heterocycles. The molecule has 3 rings (SSSR count). The van der Waals surface area contributed by atoms with Crippen molar-refractivity contribution in [1.82, 2.24) is 0 Å². The Balaban J connectivity index is 1.82. The number of anilines is 1. The minimum atomic E-state index is -0.291. The molecule has 1 atom stereocenters. The van der Waals surface area contributed by atoms with Crippen LogP contribution in [0.5, 0.6) is 0 Å². The second kappa shape index (κ2) is 6.02. The summed E-state index contributed by atoms with van der Waals surface area (Å²) in [6, 6.07) is 15.2. The molecule has 1 amide bonds. The predicted octanol–water partition coefficient (Wildman–Crippen LogP) is 3.76. The fourth-order valence-corrected chi connectivity index (χ4v) is 2.53. The number of hydrogen-bond donors (Lipinski definition) is 0. The van der Waals surface area contributed by atoms with Crippen LogP contribution in [0.3, 0.4) is 0 Å². The standard InChI is InChI=1S/C18H17NO3/c1-13-10-19(18(21)22-12-13)17-8-6-16(7-9-17)15-4-2-14(11-20)3-5-15/h2-9,11,13H,10,12H2,1H3. The number of amides is 1. The number of rotatable bonds is 3. The molecule has 0 N–H and O–H groups in total. The lowest BCUT2D eigenvalue weighted by Gasteiger charge is -2.30. The molecule has 0 bridgehead atoms. The summed E-state index contributed by atoms with van der Waals surface area (Å²) in [6.45, 7) is 3.21. The molecule has 2 aromatic rings. The average molecular weight is 295 g/mol. The van der Waals surface area contributed by atoms with Crippen molar-refractivity contribution in [3.8, 4) is 11.1 Å². The van der Waals surface area contributed by atoms with Crippen molar-refractivity contribution in [2.75, 3.05) is 18.1 Å². The number of ether oxygens (including phenoxy) is 1. The van der Waals surface area contributed by atoms with Crippen LogP contribution in [0, 0.1) is 5.92 Å². The lowest BCUT2D eigenvalue weighted by molar-refractivity contribution is 0.112. The van der Waals surface area contributed by atoms with Crippen LogP contribution < -0.4 is 4.90 Å². The monoisotopic (exact) mass is 295 g/mol. The van der Waals surface area contributed by atoms with E-state index in [1.807, 2.05) is 36.4 Å². The number of benzene rings is 2. The zero-order valence-electron chi connectivity index (χ0n) is 12.4. The minimum absolute atomic E-state index is 0.291. The highest BCUT2D eigenvalue weighted by Gasteiger charge is 2.25. The Morgan fingerprint density at radius 2 is 1.64 bits per heavy atom. The molecule has 1 heterocycles. The summed E-state index contributed by atoms with van der Waals surface area (Å²) in [5.74, 6) is 0.327. The predicted molar refractivity (Wildman–Crippen MR) is 85.1 cm³/mol. The molecule has 1 unspecified atom stereocenters. The Hall–Kier alpha value is -2.62. The number of carbonyl (C=O) groups is 2. The highest BCUT2D eigenvalue weighted by molar-refractivity contribution is 5.88. The van der Waals surface area contributed by atoms with Gasteiger partial charge in [0, 0.05) is 23.7 Å². The molecule has 0 saturated carbocycles. The molecule has 1 aliphatic rings. The van der Waals surface area contributed by atoms with E-state index in [0.29, 0.717) is 24.6 Å². The third-order valence-corrected chi connectivity index (χ3v) is 3.77. The molecule has 1 fully saturated rings. The van der Waals surface area contributed by atoms with Gasteiger partial charge in [-0.3, -0.25) is 9.69 Å². The Kier molecular flexibility index (Phi) is 3.92. The summed E-state index contributed by atoms with van der Waals surface area (Å²) < 4.78 is 5.15. The van der Waals surface area contributed by atoms with Crippen LogP contribution in [0.15, 0.2) is 48.5 Å². The molecule has 2 aromatic carbocycles. The smallest absolute Gasteiger partial charge is 0.414 e. The van der Waals surface area contributed by atoms with E-state index in [4.69, 9.17) is 4.74 Å². The zero-order chi connectivity index (χ0) is 15.5. The molecule has 112 valence electrons. The van der Waals surface area contributed by atoms with Gasteiger partial charge in [-0.15, -0.1) is 0 Å². The Labute approximate surface area is 129 Å². The summed E-state index contributed by atoms with van der Waals surface area (Å²) >= 11 is 0. The van der Waals surface area contributed by atoms with E-state index in [1.54, 1.807) is 17.0 Å². The maximum absolute atomic E-state index is 11.8. The SMILES string of the molecule is CC1COC(=O)N(c2ccc(-c3ccc(C=O)cc3)cc2)C1. The zero-order valence-corrected chi connectivity index (χ0v) is 12.4. The third kappa shape index (κ3) is 2.86. The van der Waals surface area contributed by atoms with Crippen LogP contribution in [0.4, 0.5) is 10.5 Å². The second-order valence-corrected chi connectivity index (χ2v) is 5.58. The fraction of sp³-hybridized carbons (Fsp3) is 0.222. The van der Waals surface area contributed by atoms with Gasteiger partial charge in [0.05, 0.1) is 6.61 Å². The third-order valence-electron chi connectivity index (χ3n) is 3.77. The average Bonchev–Trinajstić information content (AvgIpc) is 2.57. The van der Waals surface area contributed by atoms with Gasteiger partial charge in [-0.25, -0.2) is 4.79 Å².